The number of rotatable bonds is 2. The second kappa shape index (κ2) is 6.61. The van der Waals surface area contributed by atoms with Crippen LogP contribution >= 0.6 is 11.6 Å². The van der Waals surface area contributed by atoms with Crippen LogP contribution in [0, 0.1) is 0 Å². The van der Waals surface area contributed by atoms with Gasteiger partial charge in [-0.05, 0) is 95.3 Å². The highest BCUT2D eigenvalue weighted by molar-refractivity contribution is 6.30. The predicted molar refractivity (Wildman–Crippen MR) is 124 cm³/mol. The molecule has 0 N–H and O–H groups in total. The van der Waals surface area contributed by atoms with E-state index in [-0.39, 0.29) is 5.41 Å². The number of aryl methyl sites for hydroxylation is 1. The number of allylic oxidation sites excluding steroid dienone is 4. The summed E-state index contributed by atoms with van der Waals surface area (Å²) < 4.78 is 0. The second-order valence-corrected chi connectivity index (χ2v) is 9.36. The molecule has 0 bridgehead atoms. The van der Waals surface area contributed by atoms with Crippen molar-refractivity contribution >= 4 is 27.9 Å². The maximum absolute atomic E-state index is 6.17. The van der Waals surface area contributed by atoms with Gasteiger partial charge in [-0.3, -0.25) is 0 Å². The van der Waals surface area contributed by atoms with Gasteiger partial charge in [0, 0.05) is 10.4 Å². The quantitative estimate of drug-likeness (QED) is 0.411. The molecule has 0 radical (unpaired) electrons. The molecule has 6 rings (SSSR count). The Hall–Kier alpha value is -2.31. The third-order valence-electron chi connectivity index (χ3n) is 7.53. The van der Waals surface area contributed by atoms with Gasteiger partial charge in [0.05, 0.1) is 0 Å². The normalized spacial score (nSPS) is 19.6. The SMILES string of the molecule is Clc1ccc(C2(c3ccc4ccc5c(c4c3)CCC3=C5C=CCC3)CCC2)cc1. The van der Waals surface area contributed by atoms with Crippen LogP contribution in [0.4, 0.5) is 0 Å². The molecule has 3 aromatic carbocycles. The zero-order valence-corrected chi connectivity index (χ0v) is 17.4. The largest absolute Gasteiger partial charge is 0.0843 e. The summed E-state index contributed by atoms with van der Waals surface area (Å²) in [7, 11) is 0. The first kappa shape index (κ1) is 17.5. The smallest absolute Gasteiger partial charge is 0.0406 e. The molecule has 0 amide bonds. The average Bonchev–Trinajstić information content (AvgIpc) is 2.74. The topological polar surface area (TPSA) is 0 Å². The summed E-state index contributed by atoms with van der Waals surface area (Å²) in [6, 6.07) is 20.5. The van der Waals surface area contributed by atoms with Gasteiger partial charge in [-0.2, -0.15) is 0 Å². The van der Waals surface area contributed by atoms with Crippen molar-refractivity contribution in [2.24, 2.45) is 0 Å². The van der Waals surface area contributed by atoms with Gasteiger partial charge in [-0.15, -0.1) is 0 Å². The van der Waals surface area contributed by atoms with Crippen LogP contribution in [0.1, 0.15) is 60.8 Å². The molecule has 0 aliphatic heterocycles. The van der Waals surface area contributed by atoms with E-state index >= 15 is 0 Å². The lowest BCUT2D eigenvalue weighted by Crippen LogP contribution is -2.35. The van der Waals surface area contributed by atoms with Gasteiger partial charge in [-0.25, -0.2) is 0 Å². The summed E-state index contributed by atoms with van der Waals surface area (Å²) >= 11 is 6.17. The first-order chi connectivity index (χ1) is 14.2. The fourth-order valence-corrected chi connectivity index (χ4v) is 5.90. The Kier molecular flexibility index (Phi) is 4.00. The molecular weight excluding hydrogens is 372 g/mol. The van der Waals surface area contributed by atoms with Crippen LogP contribution in [-0.4, -0.2) is 0 Å². The van der Waals surface area contributed by atoms with E-state index in [0.717, 1.165) is 5.02 Å². The van der Waals surface area contributed by atoms with E-state index in [9.17, 15) is 0 Å². The van der Waals surface area contributed by atoms with E-state index in [0.29, 0.717) is 0 Å². The molecule has 144 valence electrons. The number of hydrogen-bond acceptors (Lipinski definition) is 0. The van der Waals surface area contributed by atoms with Crippen molar-refractivity contribution in [1.82, 2.24) is 0 Å². The third-order valence-corrected chi connectivity index (χ3v) is 7.79. The summed E-state index contributed by atoms with van der Waals surface area (Å²) in [5.74, 6) is 0. The maximum Gasteiger partial charge on any atom is 0.0406 e. The fraction of sp³-hybridized carbons (Fsp3) is 0.286. The van der Waals surface area contributed by atoms with Crippen molar-refractivity contribution < 1.29 is 0 Å². The molecule has 1 saturated carbocycles. The Morgan fingerprint density at radius 3 is 2.38 bits per heavy atom. The van der Waals surface area contributed by atoms with Crippen molar-refractivity contribution in [1.29, 1.82) is 0 Å². The lowest BCUT2D eigenvalue weighted by atomic mass is 9.60. The van der Waals surface area contributed by atoms with Gasteiger partial charge in [0.1, 0.15) is 0 Å². The molecular formula is C28H25Cl. The van der Waals surface area contributed by atoms with Crippen LogP contribution in [0.25, 0.3) is 16.3 Å². The molecule has 0 spiro atoms. The van der Waals surface area contributed by atoms with E-state index in [4.69, 9.17) is 11.6 Å². The number of halogens is 1. The molecule has 3 aliphatic rings. The van der Waals surface area contributed by atoms with Gasteiger partial charge in [0.2, 0.25) is 0 Å². The van der Waals surface area contributed by atoms with Crippen LogP contribution in [0.5, 0.6) is 0 Å². The van der Waals surface area contributed by atoms with E-state index in [1.807, 2.05) is 12.1 Å². The molecule has 29 heavy (non-hydrogen) atoms. The second-order valence-electron chi connectivity index (χ2n) is 8.93. The number of hydrogen-bond donors (Lipinski definition) is 0. The van der Waals surface area contributed by atoms with Gasteiger partial charge in [0.25, 0.3) is 0 Å². The van der Waals surface area contributed by atoms with E-state index in [1.165, 1.54) is 78.0 Å². The summed E-state index contributed by atoms with van der Waals surface area (Å²) in [5, 5.41) is 3.66. The molecule has 1 fully saturated rings. The molecule has 3 aliphatic carbocycles. The molecule has 0 aromatic heterocycles. The van der Waals surface area contributed by atoms with Gasteiger partial charge in [-0.1, -0.05) is 72.1 Å². The summed E-state index contributed by atoms with van der Waals surface area (Å²) in [6.45, 7) is 0. The van der Waals surface area contributed by atoms with Crippen LogP contribution < -0.4 is 0 Å². The van der Waals surface area contributed by atoms with Gasteiger partial charge < -0.3 is 0 Å². The van der Waals surface area contributed by atoms with Crippen molar-refractivity contribution in [2.45, 2.75) is 50.4 Å². The summed E-state index contributed by atoms with van der Waals surface area (Å²) in [6.07, 6.45) is 13.3. The molecule has 0 saturated heterocycles. The highest BCUT2D eigenvalue weighted by atomic mass is 35.5. The Bertz CT molecular complexity index is 1170. The van der Waals surface area contributed by atoms with Crippen molar-refractivity contribution in [3.63, 3.8) is 0 Å². The molecule has 0 nitrogen and oxygen atoms in total. The Balaban J connectivity index is 1.52. The van der Waals surface area contributed by atoms with Crippen molar-refractivity contribution in [3.8, 4) is 0 Å². The van der Waals surface area contributed by atoms with Gasteiger partial charge in [0.15, 0.2) is 0 Å². The van der Waals surface area contributed by atoms with Crippen LogP contribution in [0.3, 0.4) is 0 Å². The van der Waals surface area contributed by atoms with Gasteiger partial charge >= 0.3 is 0 Å². The summed E-state index contributed by atoms with van der Waals surface area (Å²) in [4.78, 5) is 0. The predicted octanol–water partition coefficient (Wildman–Crippen LogP) is 8.01. The van der Waals surface area contributed by atoms with Crippen molar-refractivity contribution in [3.05, 3.63) is 99.6 Å². The minimum absolute atomic E-state index is 0.158. The first-order valence-electron chi connectivity index (χ1n) is 11.0. The Labute approximate surface area is 177 Å². The highest BCUT2D eigenvalue weighted by Crippen LogP contribution is 2.50. The van der Waals surface area contributed by atoms with Crippen LogP contribution in [0.2, 0.25) is 5.02 Å². The lowest BCUT2D eigenvalue weighted by Gasteiger charge is -2.43. The van der Waals surface area contributed by atoms with E-state index in [1.54, 1.807) is 11.1 Å². The summed E-state index contributed by atoms with van der Waals surface area (Å²) in [5.41, 5.74) is 9.24. The van der Waals surface area contributed by atoms with Crippen LogP contribution in [-0.2, 0) is 11.8 Å². The first-order valence-corrected chi connectivity index (χ1v) is 11.3. The molecule has 3 aromatic rings. The minimum atomic E-state index is 0.158. The zero-order chi connectivity index (χ0) is 19.4. The zero-order valence-electron chi connectivity index (χ0n) is 16.7. The van der Waals surface area contributed by atoms with Crippen molar-refractivity contribution in [2.75, 3.05) is 0 Å². The maximum atomic E-state index is 6.17. The minimum Gasteiger partial charge on any atom is -0.0843 e. The highest BCUT2D eigenvalue weighted by Gasteiger charge is 2.40. The van der Waals surface area contributed by atoms with E-state index < -0.39 is 0 Å². The number of fused-ring (bicyclic) bond motifs is 4. The molecule has 0 heterocycles. The third kappa shape index (κ3) is 2.66. The van der Waals surface area contributed by atoms with Crippen LogP contribution in [0.15, 0.2) is 72.3 Å². The Morgan fingerprint density at radius 2 is 1.59 bits per heavy atom. The van der Waals surface area contributed by atoms with E-state index in [2.05, 4.69) is 54.6 Å². The molecule has 1 heteroatoms. The lowest BCUT2D eigenvalue weighted by molar-refractivity contribution is 0.302. The average molecular weight is 397 g/mol. The number of benzene rings is 3. The monoisotopic (exact) mass is 396 g/mol. The fourth-order valence-electron chi connectivity index (χ4n) is 5.77. The molecule has 0 atom stereocenters. The standard InChI is InChI=1S/C28H25Cl/c29-23-12-10-21(11-13-23)28(16-3-17-28)22-9-6-20-8-14-25-24-5-2-1-4-19(24)7-15-26(25)27(20)18-22/h2,5-6,8-14,18H,1,3-4,7,15-17H2. The molecule has 0 unspecified atom stereocenters. The Morgan fingerprint density at radius 1 is 0.793 bits per heavy atom.